The van der Waals surface area contributed by atoms with Crippen LogP contribution in [0.1, 0.15) is 51.1 Å². The highest BCUT2D eigenvalue weighted by molar-refractivity contribution is 5.14. The van der Waals surface area contributed by atoms with Crippen molar-refractivity contribution in [1.82, 2.24) is 15.6 Å². The highest BCUT2D eigenvalue weighted by Crippen LogP contribution is 2.15. The number of hydrogen-bond acceptors (Lipinski definition) is 3. The summed E-state index contributed by atoms with van der Waals surface area (Å²) in [6.07, 6.45) is 8.99. The third-order valence-corrected chi connectivity index (χ3v) is 3.79. The quantitative estimate of drug-likeness (QED) is 0.840. The normalized spacial score (nSPS) is 23.6. The molecule has 1 aliphatic heterocycles. The lowest BCUT2D eigenvalue weighted by molar-refractivity contribution is 0.334. The molecule has 0 aromatic carbocycles. The van der Waals surface area contributed by atoms with Crippen molar-refractivity contribution >= 4 is 0 Å². The number of aromatic nitrogens is 1. The van der Waals surface area contributed by atoms with Gasteiger partial charge in [0.1, 0.15) is 0 Å². The zero-order chi connectivity index (χ0) is 12.8. The van der Waals surface area contributed by atoms with E-state index >= 15 is 0 Å². The summed E-state index contributed by atoms with van der Waals surface area (Å²) in [5, 5.41) is 7.29. The summed E-state index contributed by atoms with van der Waals surface area (Å²) in [6.45, 7) is 5.70. The van der Waals surface area contributed by atoms with Crippen LogP contribution in [0.15, 0.2) is 24.5 Å². The van der Waals surface area contributed by atoms with E-state index in [1.165, 1.54) is 37.8 Å². The summed E-state index contributed by atoms with van der Waals surface area (Å²) in [4.78, 5) is 4.06. The average Bonchev–Trinajstić information content (AvgIpc) is 2.40. The Hall–Kier alpha value is -0.930. The number of rotatable bonds is 5. The molecular weight excluding hydrogens is 222 g/mol. The smallest absolute Gasteiger partial charge is 0.0295 e. The van der Waals surface area contributed by atoms with Gasteiger partial charge in [0.15, 0.2) is 0 Å². The van der Waals surface area contributed by atoms with Crippen LogP contribution in [0.3, 0.4) is 0 Å². The van der Waals surface area contributed by atoms with Crippen LogP contribution in [0, 0.1) is 0 Å². The van der Waals surface area contributed by atoms with Gasteiger partial charge in [-0.05, 0) is 57.4 Å². The molecule has 1 fully saturated rings. The first-order valence-corrected chi connectivity index (χ1v) is 7.15. The maximum Gasteiger partial charge on any atom is 0.0295 e. The maximum absolute atomic E-state index is 4.06. The third-order valence-electron chi connectivity index (χ3n) is 3.79. The molecule has 2 heterocycles. The average molecular weight is 247 g/mol. The van der Waals surface area contributed by atoms with Crippen molar-refractivity contribution in [2.24, 2.45) is 0 Å². The Morgan fingerprint density at radius 1 is 1.33 bits per heavy atom. The number of piperidine rings is 1. The monoisotopic (exact) mass is 247 g/mol. The van der Waals surface area contributed by atoms with Gasteiger partial charge >= 0.3 is 0 Å². The lowest BCUT2D eigenvalue weighted by Crippen LogP contribution is -2.40. The van der Waals surface area contributed by atoms with E-state index in [0.717, 1.165) is 0 Å². The van der Waals surface area contributed by atoms with E-state index in [2.05, 4.69) is 41.6 Å². The van der Waals surface area contributed by atoms with E-state index < -0.39 is 0 Å². The lowest BCUT2D eigenvalue weighted by Gasteiger charge is -2.28. The van der Waals surface area contributed by atoms with Crippen molar-refractivity contribution in [3.63, 3.8) is 0 Å². The molecule has 0 aliphatic carbocycles. The fourth-order valence-corrected chi connectivity index (χ4v) is 2.80. The minimum Gasteiger partial charge on any atom is -0.314 e. The largest absolute Gasteiger partial charge is 0.314 e. The van der Waals surface area contributed by atoms with Crippen LogP contribution in [0.25, 0.3) is 0 Å². The molecule has 1 saturated heterocycles. The number of nitrogens with zero attached hydrogens (tertiary/aromatic N) is 1. The zero-order valence-electron chi connectivity index (χ0n) is 11.5. The highest BCUT2D eigenvalue weighted by atomic mass is 15.0. The van der Waals surface area contributed by atoms with Crippen molar-refractivity contribution in [2.45, 2.75) is 57.7 Å². The molecule has 1 aromatic rings. The molecule has 3 nitrogen and oxygen atoms in total. The Morgan fingerprint density at radius 2 is 2.11 bits per heavy atom. The van der Waals surface area contributed by atoms with Gasteiger partial charge in [0.25, 0.3) is 0 Å². The van der Waals surface area contributed by atoms with Crippen molar-refractivity contribution in [1.29, 1.82) is 0 Å². The van der Waals surface area contributed by atoms with Crippen molar-refractivity contribution in [3.05, 3.63) is 30.1 Å². The van der Waals surface area contributed by atoms with E-state index in [1.807, 2.05) is 12.4 Å². The fraction of sp³-hybridized carbons (Fsp3) is 0.667. The van der Waals surface area contributed by atoms with Crippen LogP contribution in [-0.4, -0.2) is 23.6 Å². The zero-order valence-corrected chi connectivity index (χ0v) is 11.5. The second-order valence-electron chi connectivity index (χ2n) is 5.45. The van der Waals surface area contributed by atoms with E-state index in [-0.39, 0.29) is 0 Å². The predicted octanol–water partition coefficient (Wildman–Crippen LogP) is 2.65. The molecule has 3 atom stereocenters. The Labute approximate surface area is 110 Å². The minimum atomic E-state index is 0.395. The molecule has 1 aliphatic rings. The summed E-state index contributed by atoms with van der Waals surface area (Å²) in [5.41, 5.74) is 1.31. The molecule has 0 radical (unpaired) electrons. The predicted molar refractivity (Wildman–Crippen MR) is 75.5 cm³/mol. The molecule has 1 aromatic heterocycles. The molecule has 2 rings (SSSR count). The summed E-state index contributed by atoms with van der Waals surface area (Å²) in [6, 6.07) is 5.81. The van der Waals surface area contributed by atoms with E-state index in [9.17, 15) is 0 Å². The first-order valence-electron chi connectivity index (χ1n) is 7.15. The number of nitrogens with one attached hydrogen (secondary N) is 2. The third kappa shape index (κ3) is 4.07. The first kappa shape index (κ1) is 13.5. The molecule has 18 heavy (non-hydrogen) atoms. The summed E-state index contributed by atoms with van der Waals surface area (Å²) < 4.78 is 0. The van der Waals surface area contributed by atoms with Crippen LogP contribution in [0.2, 0.25) is 0 Å². The van der Waals surface area contributed by atoms with E-state index in [0.29, 0.717) is 18.1 Å². The Balaban J connectivity index is 1.78. The van der Waals surface area contributed by atoms with E-state index in [4.69, 9.17) is 0 Å². The number of pyridine rings is 1. The Bertz CT molecular complexity index is 333. The van der Waals surface area contributed by atoms with Crippen LogP contribution >= 0.6 is 0 Å². The Morgan fingerprint density at radius 3 is 2.78 bits per heavy atom. The topological polar surface area (TPSA) is 37.0 Å². The standard InChI is InChI=1S/C15H25N3/c1-12(11-15-5-3-4-8-17-15)18-13(2)14-6-9-16-10-7-14/h6-7,9-10,12-13,15,17-18H,3-5,8,11H2,1-2H3. The van der Waals surface area contributed by atoms with Crippen LogP contribution in [-0.2, 0) is 0 Å². The van der Waals surface area contributed by atoms with Gasteiger partial charge in [-0.1, -0.05) is 6.42 Å². The second kappa shape index (κ2) is 6.86. The maximum atomic E-state index is 4.06. The molecule has 0 amide bonds. The minimum absolute atomic E-state index is 0.395. The fourth-order valence-electron chi connectivity index (χ4n) is 2.80. The van der Waals surface area contributed by atoms with Crippen molar-refractivity contribution < 1.29 is 0 Å². The molecule has 3 heteroatoms. The summed E-state index contributed by atoms with van der Waals surface area (Å²) >= 11 is 0. The SMILES string of the molecule is CC(CC1CCCCN1)NC(C)c1ccncc1. The highest BCUT2D eigenvalue weighted by Gasteiger charge is 2.17. The Kier molecular flexibility index (Phi) is 5.14. The lowest BCUT2D eigenvalue weighted by atomic mass is 9.98. The molecule has 3 unspecified atom stereocenters. The van der Waals surface area contributed by atoms with Gasteiger partial charge < -0.3 is 10.6 Å². The first-order chi connectivity index (χ1) is 8.75. The van der Waals surface area contributed by atoms with Crippen molar-refractivity contribution in [3.8, 4) is 0 Å². The molecule has 0 saturated carbocycles. The molecule has 2 N–H and O–H groups in total. The van der Waals surface area contributed by atoms with Gasteiger partial charge in [0.05, 0.1) is 0 Å². The molecule has 100 valence electrons. The molecular formula is C15H25N3. The second-order valence-corrected chi connectivity index (χ2v) is 5.45. The van der Waals surface area contributed by atoms with Gasteiger partial charge in [-0.3, -0.25) is 4.98 Å². The molecule has 0 spiro atoms. The van der Waals surface area contributed by atoms with Gasteiger partial charge in [-0.25, -0.2) is 0 Å². The van der Waals surface area contributed by atoms with Gasteiger partial charge in [-0.15, -0.1) is 0 Å². The van der Waals surface area contributed by atoms with Gasteiger partial charge in [0, 0.05) is 30.5 Å². The van der Waals surface area contributed by atoms with Gasteiger partial charge in [0.2, 0.25) is 0 Å². The van der Waals surface area contributed by atoms with Crippen LogP contribution < -0.4 is 10.6 Å². The number of hydrogen-bond donors (Lipinski definition) is 2. The van der Waals surface area contributed by atoms with Crippen molar-refractivity contribution in [2.75, 3.05) is 6.54 Å². The van der Waals surface area contributed by atoms with Crippen LogP contribution in [0.5, 0.6) is 0 Å². The van der Waals surface area contributed by atoms with E-state index in [1.54, 1.807) is 0 Å². The summed E-state index contributed by atoms with van der Waals surface area (Å²) in [5.74, 6) is 0. The summed E-state index contributed by atoms with van der Waals surface area (Å²) in [7, 11) is 0. The molecule has 0 bridgehead atoms. The van der Waals surface area contributed by atoms with Crippen LogP contribution in [0.4, 0.5) is 0 Å². The van der Waals surface area contributed by atoms with Gasteiger partial charge in [-0.2, -0.15) is 0 Å².